The summed E-state index contributed by atoms with van der Waals surface area (Å²) in [7, 11) is 0. The molecule has 0 atom stereocenters. The minimum atomic E-state index is -0.417. The van der Waals surface area contributed by atoms with Crippen molar-refractivity contribution in [2.24, 2.45) is 11.1 Å². The molecule has 3 N–H and O–H groups in total. The summed E-state index contributed by atoms with van der Waals surface area (Å²) in [5.74, 6) is -0.314. The molecule has 0 unspecified atom stereocenters. The van der Waals surface area contributed by atoms with Crippen LogP contribution in [0.4, 0.5) is 4.39 Å². The SMILES string of the molecule is NCC1(C(=O)NCc2cc(F)ccc2Br)CCCC1. The molecule has 1 aromatic carbocycles. The van der Waals surface area contributed by atoms with Gasteiger partial charge in [-0.2, -0.15) is 0 Å². The maximum absolute atomic E-state index is 13.2. The fourth-order valence-electron chi connectivity index (χ4n) is 2.62. The minimum absolute atomic E-state index is 0.0105. The van der Waals surface area contributed by atoms with Gasteiger partial charge < -0.3 is 11.1 Å². The molecule has 0 spiro atoms. The van der Waals surface area contributed by atoms with E-state index in [2.05, 4.69) is 21.2 Å². The Kier molecular flexibility index (Phi) is 4.58. The normalized spacial score (nSPS) is 17.4. The van der Waals surface area contributed by atoms with Crippen molar-refractivity contribution < 1.29 is 9.18 Å². The van der Waals surface area contributed by atoms with Crippen LogP contribution in [0.25, 0.3) is 0 Å². The van der Waals surface area contributed by atoms with Crippen molar-refractivity contribution in [3.05, 3.63) is 34.1 Å². The van der Waals surface area contributed by atoms with Crippen LogP contribution in [0, 0.1) is 11.2 Å². The number of hydrogen-bond acceptors (Lipinski definition) is 2. The zero-order chi connectivity index (χ0) is 13.9. The lowest BCUT2D eigenvalue weighted by Gasteiger charge is -2.25. The van der Waals surface area contributed by atoms with Gasteiger partial charge in [-0.3, -0.25) is 4.79 Å². The van der Waals surface area contributed by atoms with E-state index < -0.39 is 5.41 Å². The van der Waals surface area contributed by atoms with Gasteiger partial charge in [0.1, 0.15) is 5.82 Å². The van der Waals surface area contributed by atoms with Crippen molar-refractivity contribution >= 4 is 21.8 Å². The number of carbonyl (C=O) groups is 1. The molecule has 5 heteroatoms. The first-order valence-electron chi connectivity index (χ1n) is 6.50. The Morgan fingerprint density at radius 1 is 1.42 bits per heavy atom. The molecule has 1 aliphatic carbocycles. The number of benzene rings is 1. The van der Waals surface area contributed by atoms with Crippen LogP contribution in [-0.2, 0) is 11.3 Å². The molecule has 1 saturated carbocycles. The monoisotopic (exact) mass is 328 g/mol. The molecule has 1 amide bonds. The van der Waals surface area contributed by atoms with E-state index in [9.17, 15) is 9.18 Å². The summed E-state index contributed by atoms with van der Waals surface area (Å²) in [4.78, 5) is 12.3. The molecular weight excluding hydrogens is 311 g/mol. The molecule has 1 aromatic rings. The quantitative estimate of drug-likeness (QED) is 0.892. The van der Waals surface area contributed by atoms with Gasteiger partial charge >= 0.3 is 0 Å². The Labute approximate surface area is 120 Å². The predicted molar refractivity (Wildman–Crippen MR) is 75.9 cm³/mol. The first-order valence-corrected chi connectivity index (χ1v) is 7.29. The van der Waals surface area contributed by atoms with Crippen LogP contribution >= 0.6 is 15.9 Å². The molecule has 19 heavy (non-hydrogen) atoms. The number of nitrogens with two attached hydrogens (primary N) is 1. The third-order valence-corrected chi connectivity index (χ3v) is 4.65. The zero-order valence-corrected chi connectivity index (χ0v) is 12.3. The third kappa shape index (κ3) is 3.15. The van der Waals surface area contributed by atoms with E-state index in [-0.39, 0.29) is 11.7 Å². The van der Waals surface area contributed by atoms with E-state index >= 15 is 0 Å². The highest BCUT2D eigenvalue weighted by atomic mass is 79.9. The van der Waals surface area contributed by atoms with Crippen molar-refractivity contribution in [3.8, 4) is 0 Å². The van der Waals surface area contributed by atoms with Crippen LogP contribution in [0.3, 0.4) is 0 Å². The lowest BCUT2D eigenvalue weighted by atomic mass is 9.85. The second-order valence-electron chi connectivity index (χ2n) is 5.11. The van der Waals surface area contributed by atoms with Crippen molar-refractivity contribution in [2.75, 3.05) is 6.54 Å². The highest BCUT2D eigenvalue weighted by Crippen LogP contribution is 2.37. The molecule has 1 aliphatic rings. The second kappa shape index (κ2) is 6.01. The molecule has 104 valence electrons. The summed E-state index contributed by atoms with van der Waals surface area (Å²) in [6.45, 7) is 0.697. The van der Waals surface area contributed by atoms with Gasteiger partial charge in [-0.05, 0) is 36.6 Å². The molecule has 0 aromatic heterocycles. The first-order chi connectivity index (χ1) is 9.07. The Bertz CT molecular complexity index is 473. The summed E-state index contributed by atoms with van der Waals surface area (Å²) in [6, 6.07) is 4.45. The van der Waals surface area contributed by atoms with Crippen molar-refractivity contribution in [2.45, 2.75) is 32.2 Å². The number of hydrogen-bond donors (Lipinski definition) is 2. The fourth-order valence-corrected chi connectivity index (χ4v) is 3.00. The van der Waals surface area contributed by atoms with Gasteiger partial charge in [0.15, 0.2) is 0 Å². The van der Waals surface area contributed by atoms with Crippen LogP contribution in [-0.4, -0.2) is 12.5 Å². The van der Waals surface area contributed by atoms with Crippen LogP contribution in [0.2, 0.25) is 0 Å². The minimum Gasteiger partial charge on any atom is -0.351 e. The third-order valence-electron chi connectivity index (χ3n) is 3.88. The van der Waals surface area contributed by atoms with Gasteiger partial charge in [0, 0.05) is 17.6 Å². The zero-order valence-electron chi connectivity index (χ0n) is 10.7. The number of amides is 1. The lowest BCUT2D eigenvalue weighted by molar-refractivity contribution is -0.130. The Balaban J connectivity index is 2.02. The summed E-state index contributed by atoms with van der Waals surface area (Å²) in [5, 5.41) is 2.89. The lowest BCUT2D eigenvalue weighted by Crippen LogP contribution is -2.43. The fraction of sp³-hybridized carbons (Fsp3) is 0.500. The molecule has 0 bridgehead atoms. The standard InChI is InChI=1S/C14H18BrFN2O/c15-12-4-3-11(16)7-10(12)8-18-13(19)14(9-17)5-1-2-6-14/h3-4,7H,1-2,5-6,8-9,17H2,(H,18,19). The van der Waals surface area contributed by atoms with Gasteiger partial charge in [-0.25, -0.2) is 4.39 Å². The van der Waals surface area contributed by atoms with Gasteiger partial charge in [0.05, 0.1) is 5.41 Å². The van der Waals surface area contributed by atoms with Gasteiger partial charge in [-0.1, -0.05) is 28.8 Å². The summed E-state index contributed by atoms with van der Waals surface area (Å²) < 4.78 is 14.0. The van der Waals surface area contributed by atoms with E-state index in [1.807, 2.05) is 0 Å². The maximum atomic E-state index is 13.2. The van der Waals surface area contributed by atoms with Crippen molar-refractivity contribution in [1.82, 2.24) is 5.32 Å². The molecule has 0 saturated heterocycles. The van der Waals surface area contributed by atoms with Crippen LogP contribution in [0.1, 0.15) is 31.2 Å². The summed E-state index contributed by atoms with van der Waals surface area (Å²) in [5.41, 5.74) is 6.08. The number of nitrogens with one attached hydrogen (secondary N) is 1. The Morgan fingerprint density at radius 3 is 2.74 bits per heavy atom. The van der Waals surface area contributed by atoms with Crippen LogP contribution < -0.4 is 11.1 Å². The maximum Gasteiger partial charge on any atom is 0.227 e. The van der Waals surface area contributed by atoms with Crippen molar-refractivity contribution in [1.29, 1.82) is 0 Å². The predicted octanol–water partition coefficient (Wildman–Crippen LogP) is 2.72. The molecule has 0 heterocycles. The van der Waals surface area contributed by atoms with E-state index in [0.29, 0.717) is 13.1 Å². The number of rotatable bonds is 4. The van der Waals surface area contributed by atoms with Gasteiger partial charge in [0.25, 0.3) is 0 Å². The van der Waals surface area contributed by atoms with Crippen LogP contribution in [0.15, 0.2) is 22.7 Å². The molecule has 0 radical (unpaired) electrons. The summed E-state index contributed by atoms with van der Waals surface area (Å²) >= 11 is 3.35. The largest absolute Gasteiger partial charge is 0.351 e. The van der Waals surface area contributed by atoms with Crippen molar-refractivity contribution in [3.63, 3.8) is 0 Å². The molecule has 3 nitrogen and oxygen atoms in total. The topological polar surface area (TPSA) is 55.1 Å². The highest BCUT2D eigenvalue weighted by molar-refractivity contribution is 9.10. The molecule has 1 fully saturated rings. The summed E-state index contributed by atoms with van der Waals surface area (Å²) in [6.07, 6.45) is 3.79. The molecule has 0 aliphatic heterocycles. The smallest absolute Gasteiger partial charge is 0.227 e. The van der Waals surface area contributed by atoms with Crippen LogP contribution in [0.5, 0.6) is 0 Å². The second-order valence-corrected chi connectivity index (χ2v) is 5.96. The van der Waals surface area contributed by atoms with E-state index in [1.54, 1.807) is 6.07 Å². The van der Waals surface area contributed by atoms with Gasteiger partial charge in [-0.15, -0.1) is 0 Å². The Hall–Kier alpha value is -0.940. The average molecular weight is 329 g/mol. The molecule has 2 rings (SSSR count). The van der Waals surface area contributed by atoms with E-state index in [1.165, 1.54) is 12.1 Å². The number of carbonyl (C=O) groups excluding carboxylic acids is 1. The Morgan fingerprint density at radius 2 is 2.11 bits per heavy atom. The average Bonchev–Trinajstić information content (AvgIpc) is 2.89. The van der Waals surface area contributed by atoms with E-state index in [0.717, 1.165) is 35.7 Å². The van der Waals surface area contributed by atoms with E-state index in [4.69, 9.17) is 5.73 Å². The van der Waals surface area contributed by atoms with Gasteiger partial charge in [0.2, 0.25) is 5.91 Å². The first kappa shape index (κ1) is 14.5. The molecular formula is C14H18BrFN2O. The highest BCUT2D eigenvalue weighted by Gasteiger charge is 2.39. The number of halogens is 2.